The van der Waals surface area contributed by atoms with Crippen molar-refractivity contribution < 1.29 is 14.7 Å². The highest BCUT2D eigenvalue weighted by molar-refractivity contribution is 6.30. The van der Waals surface area contributed by atoms with Crippen LogP contribution >= 0.6 is 11.6 Å². The number of nitrogens with one attached hydrogen (secondary N) is 2. The molecule has 0 aromatic heterocycles. The largest absolute Gasteiger partial charge is 0.481 e. The summed E-state index contributed by atoms with van der Waals surface area (Å²) in [5, 5.41) is 15.4. The number of carbonyl (C=O) groups is 2. The zero-order chi connectivity index (χ0) is 15.0. The Morgan fingerprint density at radius 2 is 2.00 bits per heavy atom. The normalized spacial score (nSPS) is 30.1. The molecule has 5 nitrogen and oxygen atoms in total. The second-order valence-electron chi connectivity index (χ2n) is 5.83. The molecule has 1 aromatic rings. The average Bonchev–Trinajstić information content (AvgIpc) is 2.99. The predicted octanol–water partition coefficient (Wildman–Crippen LogP) is 2.96. The average molecular weight is 309 g/mol. The molecular weight excluding hydrogens is 292 g/mol. The van der Waals surface area contributed by atoms with E-state index in [1.807, 2.05) is 0 Å². The number of hydrogen-bond acceptors (Lipinski definition) is 2. The third kappa shape index (κ3) is 2.83. The van der Waals surface area contributed by atoms with E-state index in [0.717, 1.165) is 19.3 Å². The minimum Gasteiger partial charge on any atom is -0.481 e. The maximum atomic E-state index is 12.1. The van der Waals surface area contributed by atoms with Crippen LogP contribution < -0.4 is 10.6 Å². The van der Waals surface area contributed by atoms with Crippen LogP contribution in [0.5, 0.6) is 0 Å². The summed E-state index contributed by atoms with van der Waals surface area (Å²) in [5.74, 6) is -0.797. The van der Waals surface area contributed by atoms with Crippen molar-refractivity contribution in [3.05, 3.63) is 29.3 Å². The van der Waals surface area contributed by atoms with Crippen LogP contribution in [0.1, 0.15) is 19.3 Å². The number of amides is 2. The number of rotatable bonds is 3. The number of carboxylic acid groups (broad SMARTS) is 1. The van der Waals surface area contributed by atoms with E-state index < -0.39 is 11.9 Å². The van der Waals surface area contributed by atoms with E-state index in [4.69, 9.17) is 11.6 Å². The van der Waals surface area contributed by atoms with Crippen LogP contribution in [0.2, 0.25) is 5.02 Å². The first-order valence-corrected chi connectivity index (χ1v) is 7.48. The number of urea groups is 1. The summed E-state index contributed by atoms with van der Waals surface area (Å²) in [6, 6.07) is 6.20. The molecule has 3 rings (SSSR count). The van der Waals surface area contributed by atoms with Gasteiger partial charge >= 0.3 is 12.0 Å². The third-order valence-electron chi connectivity index (χ3n) is 4.58. The van der Waals surface area contributed by atoms with Crippen molar-refractivity contribution in [2.45, 2.75) is 25.3 Å². The molecule has 2 bridgehead atoms. The number of fused-ring (bicyclic) bond motifs is 2. The summed E-state index contributed by atoms with van der Waals surface area (Å²) in [5.41, 5.74) is 0.593. The van der Waals surface area contributed by atoms with E-state index in [0.29, 0.717) is 10.7 Å². The van der Waals surface area contributed by atoms with E-state index in [9.17, 15) is 14.7 Å². The van der Waals surface area contributed by atoms with Crippen molar-refractivity contribution in [1.82, 2.24) is 5.32 Å². The highest BCUT2D eigenvalue weighted by Gasteiger charge is 2.51. The van der Waals surface area contributed by atoms with Gasteiger partial charge in [0.2, 0.25) is 0 Å². The SMILES string of the molecule is O=C(Nc1cccc(Cl)c1)NC1C2CCC(C2)C1C(=O)O. The number of halogens is 1. The van der Waals surface area contributed by atoms with Gasteiger partial charge in [0.25, 0.3) is 0 Å². The van der Waals surface area contributed by atoms with E-state index in [1.165, 1.54) is 0 Å². The lowest BCUT2D eigenvalue weighted by atomic mass is 9.84. The Hall–Kier alpha value is -1.75. The Morgan fingerprint density at radius 3 is 2.71 bits per heavy atom. The molecule has 1 aromatic carbocycles. The van der Waals surface area contributed by atoms with Crippen molar-refractivity contribution in [2.75, 3.05) is 5.32 Å². The van der Waals surface area contributed by atoms with E-state index in [2.05, 4.69) is 10.6 Å². The van der Waals surface area contributed by atoms with Crippen LogP contribution in [0.3, 0.4) is 0 Å². The number of benzene rings is 1. The molecule has 2 aliphatic rings. The highest BCUT2D eigenvalue weighted by atomic mass is 35.5. The first-order chi connectivity index (χ1) is 10.0. The molecule has 3 N–H and O–H groups in total. The molecule has 6 heteroatoms. The molecule has 0 heterocycles. The van der Waals surface area contributed by atoms with Crippen molar-refractivity contribution in [1.29, 1.82) is 0 Å². The molecule has 2 saturated carbocycles. The predicted molar refractivity (Wildman–Crippen MR) is 79.4 cm³/mol. The van der Waals surface area contributed by atoms with Gasteiger partial charge in [-0.3, -0.25) is 4.79 Å². The third-order valence-corrected chi connectivity index (χ3v) is 4.82. The summed E-state index contributed by atoms with van der Waals surface area (Å²) >= 11 is 5.87. The van der Waals surface area contributed by atoms with Crippen molar-refractivity contribution in [3.63, 3.8) is 0 Å². The second-order valence-corrected chi connectivity index (χ2v) is 6.27. The Morgan fingerprint density at radius 1 is 1.24 bits per heavy atom. The van der Waals surface area contributed by atoms with Crippen LogP contribution in [-0.2, 0) is 4.79 Å². The van der Waals surface area contributed by atoms with Crippen molar-refractivity contribution in [2.24, 2.45) is 17.8 Å². The zero-order valence-corrected chi connectivity index (χ0v) is 12.1. The molecule has 0 spiro atoms. The Balaban J connectivity index is 1.65. The Labute approximate surface area is 127 Å². The monoisotopic (exact) mass is 308 g/mol. The van der Waals surface area contributed by atoms with Gasteiger partial charge in [0.1, 0.15) is 0 Å². The lowest BCUT2D eigenvalue weighted by molar-refractivity contribution is -0.144. The fourth-order valence-corrected chi connectivity index (χ4v) is 3.93. The van der Waals surface area contributed by atoms with Gasteiger partial charge in [0.05, 0.1) is 5.92 Å². The Kier molecular flexibility index (Phi) is 3.76. The van der Waals surface area contributed by atoms with Crippen molar-refractivity contribution >= 4 is 29.3 Å². The minimum absolute atomic E-state index is 0.198. The number of hydrogen-bond donors (Lipinski definition) is 3. The molecule has 0 aliphatic heterocycles. The molecule has 0 radical (unpaired) electrons. The molecule has 0 saturated heterocycles. The molecule has 2 aliphatic carbocycles. The molecule has 21 heavy (non-hydrogen) atoms. The van der Waals surface area contributed by atoms with Gasteiger partial charge in [-0.05, 0) is 49.3 Å². The fourth-order valence-electron chi connectivity index (χ4n) is 3.74. The summed E-state index contributed by atoms with van der Waals surface area (Å²) < 4.78 is 0. The lowest BCUT2D eigenvalue weighted by Gasteiger charge is -2.28. The first kappa shape index (κ1) is 14.2. The van der Waals surface area contributed by atoms with Gasteiger partial charge < -0.3 is 15.7 Å². The van der Waals surface area contributed by atoms with Crippen LogP contribution in [0.25, 0.3) is 0 Å². The zero-order valence-electron chi connectivity index (χ0n) is 11.4. The molecule has 4 atom stereocenters. The fraction of sp³-hybridized carbons (Fsp3) is 0.467. The van der Waals surface area contributed by atoms with Crippen LogP contribution in [0.4, 0.5) is 10.5 Å². The van der Waals surface area contributed by atoms with E-state index >= 15 is 0 Å². The van der Waals surface area contributed by atoms with Gasteiger partial charge in [-0.2, -0.15) is 0 Å². The van der Waals surface area contributed by atoms with Crippen molar-refractivity contribution in [3.8, 4) is 0 Å². The molecule has 112 valence electrons. The summed E-state index contributed by atoms with van der Waals surface area (Å²) in [7, 11) is 0. The summed E-state index contributed by atoms with van der Waals surface area (Å²) in [6.07, 6.45) is 2.85. The number of aliphatic carboxylic acids is 1. The highest BCUT2D eigenvalue weighted by Crippen LogP contribution is 2.48. The van der Waals surface area contributed by atoms with E-state index in [1.54, 1.807) is 24.3 Å². The van der Waals surface area contributed by atoms with E-state index in [-0.39, 0.29) is 23.9 Å². The van der Waals surface area contributed by atoms with Crippen LogP contribution in [-0.4, -0.2) is 23.1 Å². The minimum atomic E-state index is -0.810. The lowest BCUT2D eigenvalue weighted by Crippen LogP contribution is -2.48. The maximum Gasteiger partial charge on any atom is 0.319 e. The summed E-state index contributed by atoms with van der Waals surface area (Å²) in [6.45, 7) is 0. The standard InChI is InChI=1S/C15H17ClN2O3/c16-10-2-1-3-11(7-10)17-15(21)18-13-9-5-4-8(6-9)12(13)14(19)20/h1-3,7-9,12-13H,4-6H2,(H,19,20)(H2,17,18,21). The smallest absolute Gasteiger partial charge is 0.319 e. The number of anilines is 1. The molecular formula is C15H17ClN2O3. The molecule has 2 amide bonds. The van der Waals surface area contributed by atoms with Crippen LogP contribution in [0, 0.1) is 17.8 Å². The maximum absolute atomic E-state index is 12.1. The number of carbonyl (C=O) groups excluding carboxylic acids is 1. The van der Waals surface area contributed by atoms with Gasteiger partial charge in [-0.15, -0.1) is 0 Å². The van der Waals surface area contributed by atoms with Gasteiger partial charge in [-0.25, -0.2) is 4.79 Å². The second kappa shape index (κ2) is 5.56. The number of carboxylic acids is 1. The molecule has 4 unspecified atom stereocenters. The van der Waals surface area contributed by atoms with Gasteiger partial charge in [0, 0.05) is 16.8 Å². The molecule has 2 fully saturated rings. The van der Waals surface area contributed by atoms with Crippen LogP contribution in [0.15, 0.2) is 24.3 Å². The Bertz CT molecular complexity index is 578. The first-order valence-electron chi connectivity index (χ1n) is 7.10. The van der Waals surface area contributed by atoms with Gasteiger partial charge in [-0.1, -0.05) is 17.7 Å². The quantitative estimate of drug-likeness (QED) is 0.803. The summed E-state index contributed by atoms with van der Waals surface area (Å²) in [4.78, 5) is 23.5. The topological polar surface area (TPSA) is 78.4 Å². The van der Waals surface area contributed by atoms with Gasteiger partial charge in [0.15, 0.2) is 0 Å².